The highest BCUT2D eigenvalue weighted by molar-refractivity contribution is 6.67. The lowest BCUT2D eigenvalue weighted by Crippen LogP contribution is -1.85. The van der Waals surface area contributed by atoms with Gasteiger partial charge in [0, 0.05) is 16.1 Å². The lowest BCUT2D eigenvalue weighted by molar-refractivity contribution is -0.107. The summed E-state index contributed by atoms with van der Waals surface area (Å²) in [4.78, 5) is 10.8. The van der Waals surface area contributed by atoms with Crippen LogP contribution in [0.5, 0.6) is 0 Å². The summed E-state index contributed by atoms with van der Waals surface area (Å²) in [6.45, 7) is 0. The Morgan fingerprint density at radius 2 is 2.00 bits per heavy atom. The van der Waals surface area contributed by atoms with E-state index in [0.29, 0.717) is 10.0 Å². The van der Waals surface area contributed by atoms with Crippen LogP contribution in [0, 0.1) is 0 Å². The molecule has 0 fully saturated rings. The molecule has 1 nitrogen and oxygen atoms in total. The van der Waals surface area contributed by atoms with Crippen LogP contribution in [0.3, 0.4) is 0 Å². The first kappa shape index (κ1) is 11.0. The van der Waals surface area contributed by atoms with E-state index in [4.69, 9.17) is 34.8 Å². The van der Waals surface area contributed by atoms with Crippen molar-refractivity contribution in [2.45, 2.75) is 12.8 Å². The number of fused-ring (bicyclic) bond motifs is 1. The SMILES string of the molecule is O=C(Cl)/C=C1\CCc2c(Cl)cc(Cl)cc21. The van der Waals surface area contributed by atoms with Crippen LogP contribution < -0.4 is 0 Å². The average molecular weight is 262 g/mol. The maximum atomic E-state index is 10.8. The van der Waals surface area contributed by atoms with Crippen LogP contribution in [-0.2, 0) is 11.2 Å². The van der Waals surface area contributed by atoms with Gasteiger partial charge in [0.15, 0.2) is 0 Å². The standard InChI is InChI=1S/C11H7Cl3O/c12-7-4-9-6(3-11(14)15)1-2-8(9)10(13)5-7/h3-5H,1-2H2/b6-3+. The number of carbonyl (C=O) groups is 1. The molecule has 0 amide bonds. The monoisotopic (exact) mass is 260 g/mol. The molecule has 2 rings (SSSR count). The number of allylic oxidation sites excluding steroid dienone is 2. The molecule has 0 unspecified atom stereocenters. The van der Waals surface area contributed by atoms with E-state index in [1.807, 2.05) is 6.07 Å². The van der Waals surface area contributed by atoms with Crippen molar-refractivity contribution in [2.75, 3.05) is 0 Å². The van der Waals surface area contributed by atoms with Gasteiger partial charge in [0.1, 0.15) is 0 Å². The van der Waals surface area contributed by atoms with Gasteiger partial charge in [-0.05, 0) is 53.3 Å². The van der Waals surface area contributed by atoms with Gasteiger partial charge < -0.3 is 0 Å². The van der Waals surface area contributed by atoms with Gasteiger partial charge in [-0.3, -0.25) is 4.79 Å². The first-order valence-electron chi connectivity index (χ1n) is 4.46. The van der Waals surface area contributed by atoms with E-state index in [2.05, 4.69) is 0 Å². The molecule has 0 atom stereocenters. The quantitative estimate of drug-likeness (QED) is 0.550. The summed E-state index contributed by atoms with van der Waals surface area (Å²) < 4.78 is 0. The third-order valence-corrected chi connectivity index (χ3v) is 3.10. The first-order valence-corrected chi connectivity index (χ1v) is 5.59. The fourth-order valence-electron chi connectivity index (χ4n) is 1.83. The second-order valence-corrected chi connectivity index (χ2v) is 4.60. The van der Waals surface area contributed by atoms with Crippen molar-refractivity contribution >= 4 is 45.6 Å². The number of hydrogen-bond acceptors (Lipinski definition) is 1. The Hall–Kier alpha value is -0.500. The summed E-state index contributed by atoms with van der Waals surface area (Å²) in [7, 11) is 0. The molecule has 0 saturated heterocycles. The molecule has 0 bridgehead atoms. The number of benzene rings is 1. The van der Waals surface area contributed by atoms with E-state index >= 15 is 0 Å². The maximum absolute atomic E-state index is 10.8. The first-order chi connectivity index (χ1) is 7.08. The Balaban J connectivity index is 2.55. The molecule has 0 aromatic heterocycles. The van der Waals surface area contributed by atoms with Gasteiger partial charge in [-0.1, -0.05) is 23.2 Å². The van der Waals surface area contributed by atoms with Crippen molar-refractivity contribution in [3.63, 3.8) is 0 Å². The van der Waals surface area contributed by atoms with Crippen molar-refractivity contribution in [3.8, 4) is 0 Å². The van der Waals surface area contributed by atoms with Gasteiger partial charge in [0.2, 0.25) is 5.24 Å². The zero-order valence-electron chi connectivity index (χ0n) is 7.69. The molecule has 15 heavy (non-hydrogen) atoms. The maximum Gasteiger partial charge on any atom is 0.245 e. The Labute approximate surface area is 103 Å². The second kappa shape index (κ2) is 4.17. The molecule has 0 radical (unpaired) electrons. The van der Waals surface area contributed by atoms with Gasteiger partial charge in [-0.15, -0.1) is 0 Å². The van der Waals surface area contributed by atoms with Crippen LogP contribution in [0.25, 0.3) is 5.57 Å². The minimum Gasteiger partial charge on any atom is -0.276 e. The Bertz CT molecular complexity index is 463. The van der Waals surface area contributed by atoms with Crippen LogP contribution in [-0.4, -0.2) is 5.24 Å². The third-order valence-electron chi connectivity index (χ3n) is 2.44. The zero-order chi connectivity index (χ0) is 11.0. The smallest absolute Gasteiger partial charge is 0.245 e. The van der Waals surface area contributed by atoms with Crippen LogP contribution >= 0.6 is 34.8 Å². The molecule has 0 aliphatic heterocycles. The lowest BCUT2D eigenvalue weighted by Gasteiger charge is -2.03. The highest BCUT2D eigenvalue weighted by Gasteiger charge is 2.20. The van der Waals surface area contributed by atoms with Gasteiger partial charge in [0.05, 0.1) is 0 Å². The molecule has 1 aromatic rings. The molecule has 1 aliphatic rings. The van der Waals surface area contributed by atoms with Crippen LogP contribution in [0.1, 0.15) is 17.5 Å². The van der Waals surface area contributed by atoms with Crippen molar-refractivity contribution < 1.29 is 4.79 Å². The highest BCUT2D eigenvalue weighted by Crippen LogP contribution is 2.38. The molecule has 1 aromatic carbocycles. The molecule has 0 saturated carbocycles. The fraction of sp³-hybridized carbons (Fsp3) is 0.182. The van der Waals surface area contributed by atoms with Crippen molar-refractivity contribution in [1.29, 1.82) is 0 Å². The van der Waals surface area contributed by atoms with Gasteiger partial charge >= 0.3 is 0 Å². The Morgan fingerprint density at radius 3 is 2.67 bits per heavy atom. The minimum atomic E-state index is -0.464. The van der Waals surface area contributed by atoms with E-state index in [9.17, 15) is 4.79 Å². The van der Waals surface area contributed by atoms with Crippen molar-refractivity contribution in [2.24, 2.45) is 0 Å². The summed E-state index contributed by atoms with van der Waals surface area (Å²) in [6.07, 6.45) is 3.05. The van der Waals surface area contributed by atoms with Crippen molar-refractivity contribution in [1.82, 2.24) is 0 Å². The number of halogens is 3. The van der Waals surface area contributed by atoms with E-state index < -0.39 is 5.24 Å². The minimum absolute atomic E-state index is 0.464. The van der Waals surface area contributed by atoms with E-state index in [1.54, 1.807) is 6.07 Å². The molecule has 0 spiro atoms. The predicted octanol–water partition coefficient (Wildman–Crippen LogP) is 4.09. The lowest BCUT2D eigenvalue weighted by atomic mass is 10.1. The number of carbonyl (C=O) groups excluding carboxylic acids is 1. The van der Waals surface area contributed by atoms with Crippen molar-refractivity contribution in [3.05, 3.63) is 39.4 Å². The van der Waals surface area contributed by atoms with Crippen LogP contribution in [0.15, 0.2) is 18.2 Å². The Kier molecular flexibility index (Phi) is 3.06. The van der Waals surface area contributed by atoms with Gasteiger partial charge in [-0.25, -0.2) is 0 Å². The average Bonchev–Trinajstić information content (AvgIpc) is 2.48. The summed E-state index contributed by atoms with van der Waals surface area (Å²) in [6, 6.07) is 3.54. The van der Waals surface area contributed by atoms with Gasteiger partial charge in [-0.2, -0.15) is 0 Å². The summed E-state index contributed by atoms with van der Waals surface area (Å²) >= 11 is 17.3. The van der Waals surface area contributed by atoms with Crippen LogP contribution in [0.2, 0.25) is 10.0 Å². The predicted molar refractivity (Wildman–Crippen MR) is 63.6 cm³/mol. The molecular weight excluding hydrogens is 254 g/mol. The fourth-order valence-corrected chi connectivity index (χ4v) is 2.54. The zero-order valence-corrected chi connectivity index (χ0v) is 9.96. The van der Waals surface area contributed by atoms with E-state index in [-0.39, 0.29) is 0 Å². The summed E-state index contributed by atoms with van der Waals surface area (Å²) in [5.41, 5.74) is 2.90. The highest BCUT2D eigenvalue weighted by atomic mass is 35.5. The molecule has 1 aliphatic carbocycles. The second-order valence-electron chi connectivity index (χ2n) is 3.39. The summed E-state index contributed by atoms with van der Waals surface area (Å²) in [5.74, 6) is 0. The summed E-state index contributed by atoms with van der Waals surface area (Å²) in [5, 5.41) is 0.769. The molecular formula is C11H7Cl3O. The normalized spacial score (nSPS) is 16.9. The van der Waals surface area contributed by atoms with E-state index in [0.717, 1.165) is 29.5 Å². The molecule has 78 valence electrons. The topological polar surface area (TPSA) is 17.1 Å². The number of hydrogen-bond donors (Lipinski definition) is 0. The molecule has 0 heterocycles. The van der Waals surface area contributed by atoms with Crippen LogP contribution in [0.4, 0.5) is 0 Å². The third kappa shape index (κ3) is 2.20. The molecule has 0 N–H and O–H groups in total. The molecule has 4 heteroatoms. The largest absolute Gasteiger partial charge is 0.276 e. The Morgan fingerprint density at radius 1 is 1.27 bits per heavy atom. The number of rotatable bonds is 1. The van der Waals surface area contributed by atoms with Gasteiger partial charge in [0.25, 0.3) is 0 Å². The van der Waals surface area contributed by atoms with E-state index in [1.165, 1.54) is 6.08 Å².